The van der Waals surface area contributed by atoms with Gasteiger partial charge < -0.3 is 0 Å². The highest BCUT2D eigenvalue weighted by Crippen LogP contribution is 2.45. The lowest BCUT2D eigenvalue weighted by Gasteiger charge is -2.12. The highest BCUT2D eigenvalue weighted by molar-refractivity contribution is 5.85. The zero-order valence-electron chi connectivity index (χ0n) is 5.71. The zero-order chi connectivity index (χ0) is 7.14. The fourth-order valence-electron chi connectivity index (χ4n) is 2.24. The number of Topliss-reactive ketones (excluding diaryl/α,β-unsaturated/α-hetero) is 1. The molecule has 0 radical (unpaired) electrons. The quantitative estimate of drug-likeness (QED) is 0.499. The van der Waals surface area contributed by atoms with Gasteiger partial charge >= 0.3 is 0 Å². The summed E-state index contributed by atoms with van der Waals surface area (Å²) in [5.74, 6) is 1.08. The van der Waals surface area contributed by atoms with Crippen molar-refractivity contribution in [3.05, 3.63) is 0 Å². The van der Waals surface area contributed by atoms with Crippen molar-refractivity contribution in [2.75, 3.05) is 0 Å². The molecule has 0 N–H and O–H groups in total. The smallest absolute Gasteiger partial charge is 0.137 e. The second-order valence-electron chi connectivity index (χ2n) is 3.35. The molecule has 0 aromatic rings. The maximum Gasteiger partial charge on any atom is 0.137 e. The molecule has 0 aromatic carbocycles. The lowest BCUT2D eigenvalue weighted by atomic mass is 9.89. The summed E-state index contributed by atoms with van der Waals surface area (Å²) < 4.78 is 0. The third kappa shape index (κ3) is 0.607. The summed E-state index contributed by atoms with van der Waals surface area (Å²) in [5, 5.41) is 8.60. The highest BCUT2D eigenvalue weighted by atomic mass is 16.1. The van der Waals surface area contributed by atoms with Crippen LogP contribution in [0.15, 0.2) is 0 Å². The molecule has 0 saturated heterocycles. The molecular weight excluding hydrogens is 126 g/mol. The van der Waals surface area contributed by atoms with Crippen LogP contribution in [0.1, 0.15) is 19.3 Å². The van der Waals surface area contributed by atoms with E-state index in [0.717, 1.165) is 19.3 Å². The summed E-state index contributed by atoms with van der Waals surface area (Å²) in [5.41, 5.74) is 0. The molecule has 0 spiro atoms. The lowest BCUT2D eigenvalue weighted by molar-refractivity contribution is -0.122. The molecular formula is C8H9NO. The van der Waals surface area contributed by atoms with Gasteiger partial charge in [-0.2, -0.15) is 5.26 Å². The first-order chi connectivity index (χ1) is 4.81. The molecule has 2 nitrogen and oxygen atoms in total. The fourth-order valence-corrected chi connectivity index (χ4v) is 2.24. The topological polar surface area (TPSA) is 40.9 Å². The molecule has 2 fully saturated rings. The average Bonchev–Trinajstić information content (AvgIpc) is 2.44. The van der Waals surface area contributed by atoms with Crippen LogP contribution in [0.25, 0.3) is 0 Å². The van der Waals surface area contributed by atoms with E-state index in [1.807, 2.05) is 0 Å². The van der Waals surface area contributed by atoms with Gasteiger partial charge in [0.2, 0.25) is 0 Å². The van der Waals surface area contributed by atoms with E-state index in [0.29, 0.717) is 11.7 Å². The molecule has 2 aliphatic carbocycles. The highest BCUT2D eigenvalue weighted by Gasteiger charge is 2.45. The predicted molar refractivity (Wildman–Crippen MR) is 34.9 cm³/mol. The molecule has 2 saturated carbocycles. The first-order valence-electron chi connectivity index (χ1n) is 3.73. The molecule has 2 rings (SSSR count). The molecule has 3 atom stereocenters. The Morgan fingerprint density at radius 1 is 1.50 bits per heavy atom. The van der Waals surface area contributed by atoms with E-state index in [1.165, 1.54) is 0 Å². The molecule has 0 unspecified atom stereocenters. The molecule has 2 aliphatic rings. The predicted octanol–water partition coefficient (Wildman–Crippen LogP) is 1.13. The molecule has 52 valence electrons. The summed E-state index contributed by atoms with van der Waals surface area (Å²) in [6.07, 6.45) is 2.73. The normalized spacial score (nSPS) is 43.9. The second kappa shape index (κ2) is 1.82. The number of hydrogen-bond donors (Lipinski definition) is 0. The Morgan fingerprint density at radius 3 is 2.70 bits per heavy atom. The van der Waals surface area contributed by atoms with Crippen LogP contribution in [-0.2, 0) is 4.79 Å². The van der Waals surface area contributed by atoms with Gasteiger partial charge in [0.1, 0.15) is 5.78 Å². The van der Waals surface area contributed by atoms with Gasteiger partial charge in [0.05, 0.1) is 12.0 Å². The van der Waals surface area contributed by atoms with Crippen molar-refractivity contribution in [3.63, 3.8) is 0 Å². The van der Waals surface area contributed by atoms with Crippen LogP contribution in [-0.4, -0.2) is 5.78 Å². The van der Waals surface area contributed by atoms with Gasteiger partial charge in [0.25, 0.3) is 0 Å². The third-order valence-electron chi connectivity index (χ3n) is 2.73. The van der Waals surface area contributed by atoms with Crippen LogP contribution in [0.3, 0.4) is 0 Å². The van der Waals surface area contributed by atoms with Crippen LogP contribution in [0.5, 0.6) is 0 Å². The monoisotopic (exact) mass is 135 g/mol. The zero-order valence-corrected chi connectivity index (χ0v) is 5.71. The van der Waals surface area contributed by atoms with Crippen LogP contribution in [0.4, 0.5) is 0 Å². The number of carbonyl (C=O) groups excluding carboxylic acids is 1. The van der Waals surface area contributed by atoms with Crippen LogP contribution >= 0.6 is 0 Å². The van der Waals surface area contributed by atoms with Crippen LogP contribution in [0, 0.1) is 29.1 Å². The maximum atomic E-state index is 11.1. The van der Waals surface area contributed by atoms with Gasteiger partial charge in [-0.25, -0.2) is 0 Å². The fraction of sp³-hybridized carbons (Fsp3) is 0.750. The first-order valence-corrected chi connectivity index (χ1v) is 3.73. The standard InChI is InChI=1S/C8H9NO/c9-4-6-1-5-2-7(6)8(10)3-5/h5-7H,1-3H2/t5-,6+,7-/m0/s1. The van der Waals surface area contributed by atoms with E-state index in [2.05, 4.69) is 6.07 Å². The molecule has 0 aliphatic heterocycles. The first kappa shape index (κ1) is 5.91. The summed E-state index contributed by atoms with van der Waals surface area (Å²) in [6.45, 7) is 0. The average molecular weight is 135 g/mol. The van der Waals surface area contributed by atoms with Crippen LogP contribution in [0.2, 0.25) is 0 Å². The molecule has 0 heterocycles. The SMILES string of the molecule is N#C[C@H]1C[C@@H]2CC(=O)[C@H]1C2. The van der Waals surface area contributed by atoms with Crippen molar-refractivity contribution < 1.29 is 4.79 Å². The summed E-state index contributed by atoms with van der Waals surface area (Å²) in [7, 11) is 0. The second-order valence-corrected chi connectivity index (χ2v) is 3.35. The Hall–Kier alpha value is -0.840. The van der Waals surface area contributed by atoms with Gasteiger partial charge in [-0.15, -0.1) is 0 Å². The van der Waals surface area contributed by atoms with Gasteiger partial charge in [-0.1, -0.05) is 0 Å². The van der Waals surface area contributed by atoms with Crippen molar-refractivity contribution in [1.82, 2.24) is 0 Å². The summed E-state index contributed by atoms with van der Waals surface area (Å²) in [4.78, 5) is 11.1. The summed E-state index contributed by atoms with van der Waals surface area (Å²) >= 11 is 0. The largest absolute Gasteiger partial charge is 0.299 e. The number of hydrogen-bond acceptors (Lipinski definition) is 2. The van der Waals surface area contributed by atoms with Crippen molar-refractivity contribution in [2.24, 2.45) is 17.8 Å². The Labute approximate surface area is 59.8 Å². The molecule has 2 heteroatoms. The number of carbonyl (C=O) groups is 1. The van der Waals surface area contributed by atoms with E-state index in [-0.39, 0.29) is 11.8 Å². The number of fused-ring (bicyclic) bond motifs is 2. The Bertz CT molecular complexity index is 216. The molecule has 10 heavy (non-hydrogen) atoms. The lowest BCUT2D eigenvalue weighted by Crippen LogP contribution is -2.17. The maximum absolute atomic E-state index is 11.1. The van der Waals surface area contributed by atoms with Crippen molar-refractivity contribution in [1.29, 1.82) is 5.26 Å². The van der Waals surface area contributed by atoms with Crippen molar-refractivity contribution in [2.45, 2.75) is 19.3 Å². The van der Waals surface area contributed by atoms with E-state index in [1.54, 1.807) is 0 Å². The molecule has 0 amide bonds. The Morgan fingerprint density at radius 2 is 2.30 bits per heavy atom. The number of rotatable bonds is 0. The van der Waals surface area contributed by atoms with E-state index in [9.17, 15) is 4.79 Å². The Balaban J connectivity index is 2.22. The van der Waals surface area contributed by atoms with E-state index in [4.69, 9.17) is 5.26 Å². The molecule has 2 bridgehead atoms. The minimum atomic E-state index is 0.0613. The minimum absolute atomic E-state index is 0.0613. The number of nitrogens with zero attached hydrogens (tertiary/aromatic N) is 1. The minimum Gasteiger partial charge on any atom is -0.299 e. The van der Waals surface area contributed by atoms with Gasteiger partial charge in [0, 0.05) is 12.3 Å². The van der Waals surface area contributed by atoms with Gasteiger partial charge in [-0.3, -0.25) is 4.79 Å². The number of ketones is 1. The number of nitriles is 1. The Kier molecular flexibility index (Phi) is 1.08. The van der Waals surface area contributed by atoms with E-state index >= 15 is 0 Å². The van der Waals surface area contributed by atoms with E-state index < -0.39 is 0 Å². The van der Waals surface area contributed by atoms with Gasteiger partial charge in [-0.05, 0) is 18.8 Å². The van der Waals surface area contributed by atoms with Crippen LogP contribution < -0.4 is 0 Å². The third-order valence-corrected chi connectivity index (χ3v) is 2.73. The molecule has 0 aromatic heterocycles. The van der Waals surface area contributed by atoms with Crippen molar-refractivity contribution in [3.8, 4) is 6.07 Å². The van der Waals surface area contributed by atoms with Crippen molar-refractivity contribution >= 4 is 5.78 Å². The van der Waals surface area contributed by atoms with Gasteiger partial charge in [0.15, 0.2) is 0 Å². The summed E-state index contributed by atoms with van der Waals surface area (Å²) in [6, 6.07) is 2.20.